The number of allylic oxidation sites excluding steroid dienone is 1. The van der Waals surface area contributed by atoms with Crippen molar-refractivity contribution >= 4 is 10.9 Å². The molecule has 6 nitrogen and oxygen atoms in total. The second-order valence-electron chi connectivity index (χ2n) is 8.89. The molecule has 4 aromatic rings. The van der Waals surface area contributed by atoms with Gasteiger partial charge in [0.15, 0.2) is 0 Å². The predicted molar refractivity (Wildman–Crippen MR) is 133 cm³/mol. The zero-order chi connectivity index (χ0) is 23.4. The van der Waals surface area contributed by atoms with Crippen LogP contribution in [-0.4, -0.2) is 19.7 Å². The van der Waals surface area contributed by atoms with Gasteiger partial charge in [-0.3, -0.25) is 4.98 Å². The third-order valence-electron chi connectivity index (χ3n) is 6.39. The number of pyridine rings is 1. The molecule has 0 aliphatic heterocycles. The monoisotopic (exact) mass is 443 g/mol. The van der Waals surface area contributed by atoms with Crippen LogP contribution in [0.15, 0.2) is 59.7 Å². The van der Waals surface area contributed by atoms with E-state index in [2.05, 4.69) is 52.1 Å². The maximum Gasteiger partial charge on any atom is 0.141 e. The van der Waals surface area contributed by atoms with Gasteiger partial charge in [0, 0.05) is 42.3 Å². The van der Waals surface area contributed by atoms with Gasteiger partial charge in [0.2, 0.25) is 0 Å². The number of unbranched alkanes of at least 4 members (excludes halogenated alkanes) is 1. The molecule has 0 fully saturated rings. The van der Waals surface area contributed by atoms with Gasteiger partial charge in [-0.2, -0.15) is 0 Å². The van der Waals surface area contributed by atoms with Gasteiger partial charge in [-0.1, -0.05) is 31.1 Å². The van der Waals surface area contributed by atoms with Gasteiger partial charge in [0.05, 0.1) is 17.8 Å². The van der Waals surface area contributed by atoms with E-state index in [0.717, 1.165) is 65.3 Å². The molecule has 0 spiro atoms. The number of imidazole rings is 1. The number of benzene rings is 1. The molecular weight excluding hydrogens is 410 g/mol. The Morgan fingerprint density at radius 2 is 2.03 bits per heavy atom. The van der Waals surface area contributed by atoms with E-state index in [1.165, 1.54) is 10.9 Å². The van der Waals surface area contributed by atoms with Crippen LogP contribution in [0.2, 0.25) is 0 Å². The number of aromatic nitrogens is 4. The number of hydrogen-bond acceptors (Lipinski definition) is 5. The lowest BCUT2D eigenvalue weighted by Gasteiger charge is -2.17. The third kappa shape index (κ3) is 5.16. The van der Waals surface area contributed by atoms with Crippen LogP contribution in [0.25, 0.3) is 22.0 Å². The molecule has 0 aliphatic rings. The Balaban J connectivity index is 1.40. The molecule has 0 saturated carbocycles. The van der Waals surface area contributed by atoms with E-state index in [0.29, 0.717) is 12.5 Å². The third-order valence-corrected chi connectivity index (χ3v) is 6.39. The maximum atomic E-state index is 5.42. The van der Waals surface area contributed by atoms with Crippen molar-refractivity contribution in [2.45, 2.75) is 58.9 Å². The molecule has 1 unspecified atom stereocenters. The van der Waals surface area contributed by atoms with Gasteiger partial charge < -0.3 is 14.4 Å². The molecule has 0 saturated heterocycles. The summed E-state index contributed by atoms with van der Waals surface area (Å²) in [6.45, 7) is 11.2. The van der Waals surface area contributed by atoms with Crippen molar-refractivity contribution in [1.82, 2.24) is 25.0 Å². The van der Waals surface area contributed by atoms with E-state index in [-0.39, 0.29) is 0 Å². The summed E-state index contributed by atoms with van der Waals surface area (Å²) in [4.78, 5) is 8.99. The Morgan fingerprint density at radius 3 is 2.76 bits per heavy atom. The summed E-state index contributed by atoms with van der Waals surface area (Å²) in [6.07, 6.45) is 9.97. The lowest BCUT2D eigenvalue weighted by atomic mass is 9.89. The zero-order valence-electron chi connectivity index (χ0n) is 20.1. The van der Waals surface area contributed by atoms with Gasteiger partial charge in [0.25, 0.3) is 0 Å². The zero-order valence-corrected chi connectivity index (χ0v) is 20.1. The van der Waals surface area contributed by atoms with Gasteiger partial charge in [-0.05, 0) is 68.4 Å². The van der Waals surface area contributed by atoms with Crippen LogP contribution >= 0.6 is 0 Å². The summed E-state index contributed by atoms with van der Waals surface area (Å²) >= 11 is 0. The Hall–Kier alpha value is -3.41. The van der Waals surface area contributed by atoms with Crippen LogP contribution < -0.4 is 5.32 Å². The molecule has 33 heavy (non-hydrogen) atoms. The molecule has 1 aromatic carbocycles. The first-order valence-corrected chi connectivity index (χ1v) is 11.6. The molecule has 172 valence electrons. The van der Waals surface area contributed by atoms with Gasteiger partial charge in [-0.15, -0.1) is 0 Å². The minimum Gasteiger partial charge on any atom is -0.382 e. The van der Waals surface area contributed by atoms with Gasteiger partial charge >= 0.3 is 0 Å². The number of rotatable bonds is 10. The second kappa shape index (κ2) is 10.0. The van der Waals surface area contributed by atoms with Crippen LogP contribution in [0.3, 0.4) is 0 Å². The first kappa shape index (κ1) is 22.8. The van der Waals surface area contributed by atoms with Crippen LogP contribution in [0.1, 0.15) is 61.4 Å². The average molecular weight is 444 g/mol. The molecule has 1 N–H and O–H groups in total. The fraction of sp³-hybridized carbons (Fsp3) is 0.370. The molecule has 0 radical (unpaired) electrons. The van der Waals surface area contributed by atoms with Crippen LogP contribution in [-0.2, 0) is 13.6 Å². The molecular formula is C27H33N5O. The van der Waals surface area contributed by atoms with E-state index in [1.807, 2.05) is 50.1 Å². The molecule has 0 bridgehead atoms. The molecule has 4 rings (SSSR count). The first-order chi connectivity index (χ1) is 15.9. The highest BCUT2D eigenvalue weighted by atomic mass is 16.5. The van der Waals surface area contributed by atoms with Crippen LogP contribution in [0.4, 0.5) is 0 Å². The van der Waals surface area contributed by atoms with Gasteiger partial charge in [-0.25, -0.2) is 4.98 Å². The normalized spacial score (nSPS) is 12.2. The number of nitrogens with zero attached hydrogens (tertiary/aromatic N) is 4. The number of nitrogens with one attached hydrogen (secondary N) is 1. The van der Waals surface area contributed by atoms with Crippen molar-refractivity contribution < 1.29 is 4.52 Å². The fourth-order valence-corrected chi connectivity index (χ4v) is 4.46. The van der Waals surface area contributed by atoms with Crippen molar-refractivity contribution in [3.05, 3.63) is 78.0 Å². The predicted octanol–water partition coefficient (Wildman–Crippen LogP) is 6.21. The highest BCUT2D eigenvalue weighted by molar-refractivity contribution is 5.88. The molecule has 6 heteroatoms. The average Bonchev–Trinajstić information content (AvgIpc) is 3.38. The van der Waals surface area contributed by atoms with E-state index in [1.54, 1.807) is 0 Å². The van der Waals surface area contributed by atoms with Crippen molar-refractivity contribution in [2.24, 2.45) is 7.05 Å². The number of fused-ring (bicyclic) bond motifs is 1. The highest BCUT2D eigenvalue weighted by Gasteiger charge is 2.17. The standard InChI is InChI=1S/C27H33N5O/c1-18(9-6-7-10-19(2)30-17-26-29-13-14-32(26)5)24-15-22(27-20(3)31-33-21(27)4)16-25-23(24)11-8-12-28-25/h8,11-16,18,30H,2,6-7,9-10,17H2,1,3-5H3. The first-order valence-electron chi connectivity index (χ1n) is 11.6. The van der Waals surface area contributed by atoms with E-state index < -0.39 is 0 Å². The van der Waals surface area contributed by atoms with Crippen molar-refractivity contribution in [2.75, 3.05) is 0 Å². The van der Waals surface area contributed by atoms with Crippen LogP contribution in [0.5, 0.6) is 0 Å². The largest absolute Gasteiger partial charge is 0.382 e. The fourth-order valence-electron chi connectivity index (χ4n) is 4.46. The summed E-state index contributed by atoms with van der Waals surface area (Å²) in [5.74, 6) is 2.28. The number of hydrogen-bond donors (Lipinski definition) is 1. The molecule has 1 atom stereocenters. The Bertz CT molecular complexity index is 1230. The smallest absolute Gasteiger partial charge is 0.141 e. The molecule has 3 aromatic heterocycles. The SMILES string of the molecule is C=C(CCCCC(C)c1cc(-c2c(C)noc2C)cc2ncccc12)NCc1nccn1C. The van der Waals surface area contributed by atoms with Crippen molar-refractivity contribution in [3.8, 4) is 11.1 Å². The lowest BCUT2D eigenvalue weighted by Crippen LogP contribution is -2.15. The minimum atomic E-state index is 0.422. The number of aryl methyl sites for hydroxylation is 3. The minimum absolute atomic E-state index is 0.422. The van der Waals surface area contributed by atoms with Crippen molar-refractivity contribution in [3.63, 3.8) is 0 Å². The second-order valence-corrected chi connectivity index (χ2v) is 8.89. The summed E-state index contributed by atoms with van der Waals surface area (Å²) in [5.41, 5.74) is 6.54. The van der Waals surface area contributed by atoms with Crippen LogP contribution in [0, 0.1) is 13.8 Å². The Kier molecular flexibility index (Phi) is 6.92. The summed E-state index contributed by atoms with van der Waals surface area (Å²) in [6, 6.07) is 8.64. The summed E-state index contributed by atoms with van der Waals surface area (Å²) in [5, 5.41) is 8.77. The maximum absolute atomic E-state index is 5.42. The molecule has 0 aliphatic carbocycles. The Morgan fingerprint density at radius 1 is 1.18 bits per heavy atom. The van der Waals surface area contributed by atoms with Crippen molar-refractivity contribution in [1.29, 1.82) is 0 Å². The molecule has 0 amide bonds. The van der Waals surface area contributed by atoms with E-state index in [4.69, 9.17) is 4.52 Å². The quantitative estimate of drug-likeness (QED) is 0.295. The van der Waals surface area contributed by atoms with E-state index >= 15 is 0 Å². The summed E-state index contributed by atoms with van der Waals surface area (Å²) in [7, 11) is 2.01. The van der Waals surface area contributed by atoms with Gasteiger partial charge in [0.1, 0.15) is 11.6 Å². The summed E-state index contributed by atoms with van der Waals surface area (Å²) < 4.78 is 7.45. The Labute approximate surface area is 195 Å². The molecule has 3 heterocycles. The highest BCUT2D eigenvalue weighted by Crippen LogP contribution is 2.35. The van der Waals surface area contributed by atoms with E-state index in [9.17, 15) is 0 Å². The lowest BCUT2D eigenvalue weighted by molar-refractivity contribution is 0.393. The topological polar surface area (TPSA) is 68.8 Å².